The molecule has 0 saturated heterocycles. The average Bonchev–Trinajstić information content (AvgIpc) is 3.20. The molecule has 0 heterocycles. The van der Waals surface area contributed by atoms with E-state index in [9.17, 15) is 25.9 Å². The zero-order valence-electron chi connectivity index (χ0n) is 32.7. The van der Waals surface area contributed by atoms with Crippen LogP contribution in [0.2, 0.25) is 0 Å². The fourth-order valence-electron chi connectivity index (χ4n) is 6.45. The Bertz CT molecular complexity index is 2630. The first-order valence-corrected chi connectivity index (χ1v) is 21.9. The van der Waals surface area contributed by atoms with E-state index in [-0.39, 0.29) is 32.5 Å². The number of ether oxygens (including phenoxy) is 3. The van der Waals surface area contributed by atoms with Crippen LogP contribution < -0.4 is 14.2 Å². The van der Waals surface area contributed by atoms with Gasteiger partial charge in [-0.1, -0.05) is 107 Å². The van der Waals surface area contributed by atoms with E-state index in [0.717, 1.165) is 34.1 Å². The maximum absolute atomic E-state index is 13.8. The molecule has 0 amide bonds. The highest BCUT2D eigenvalue weighted by Crippen LogP contribution is 2.39. The van der Waals surface area contributed by atoms with Gasteiger partial charge in [0.15, 0.2) is 0 Å². The smallest absolute Gasteiger partial charge is 0.298 e. The van der Waals surface area contributed by atoms with Gasteiger partial charge < -0.3 is 18.8 Å². The van der Waals surface area contributed by atoms with Gasteiger partial charge in [0, 0.05) is 22.9 Å². The predicted octanol–water partition coefficient (Wildman–Crippen LogP) is 11.4. The van der Waals surface area contributed by atoms with E-state index in [1.54, 1.807) is 30.3 Å². The highest BCUT2D eigenvalue weighted by molar-refractivity contribution is 7.94. The summed E-state index contributed by atoms with van der Waals surface area (Å²) in [4.78, 5) is -1.28. The van der Waals surface area contributed by atoms with Crippen molar-refractivity contribution >= 4 is 32.0 Å². The van der Waals surface area contributed by atoms with Crippen molar-refractivity contribution in [2.45, 2.75) is 65.0 Å². The minimum Gasteiger partial charge on any atom is -0.490 e. The van der Waals surface area contributed by atoms with Crippen molar-refractivity contribution in [3.05, 3.63) is 174 Å². The second-order valence-corrected chi connectivity index (χ2v) is 18.7. The van der Waals surface area contributed by atoms with Crippen LogP contribution in [0, 0.1) is 6.92 Å². The first-order chi connectivity index (χ1) is 27.4. The summed E-state index contributed by atoms with van der Waals surface area (Å²) < 4.78 is 90.7. The minimum absolute atomic E-state index is 0.112. The largest absolute Gasteiger partial charge is 0.490 e. The van der Waals surface area contributed by atoms with Crippen LogP contribution in [0.3, 0.4) is 0 Å². The SMILES string of the molecule is C=CCOc1ccc(C(C)(C)c2ccc(Oc3ccc(S(=O)(=O)c4ccc(Oc5ccc(C(C)(C)c6ccc(C)cc6)cc5)c(SO)c4)cc3S(=O)(=O)O)cc2)cc1. The van der Waals surface area contributed by atoms with Crippen LogP contribution in [0.5, 0.6) is 28.7 Å². The highest BCUT2D eigenvalue weighted by Gasteiger charge is 2.27. The van der Waals surface area contributed by atoms with Gasteiger partial charge in [-0.25, -0.2) is 8.42 Å². The lowest BCUT2D eigenvalue weighted by Gasteiger charge is -2.26. The van der Waals surface area contributed by atoms with E-state index in [1.807, 2.05) is 55.5 Å². The van der Waals surface area contributed by atoms with E-state index in [2.05, 4.69) is 58.5 Å². The Labute approximate surface area is 344 Å². The van der Waals surface area contributed by atoms with Crippen LogP contribution in [-0.4, -0.2) is 32.5 Å². The molecule has 2 N–H and O–H groups in total. The number of aryl methyl sites for hydroxylation is 1. The molecule has 0 aliphatic heterocycles. The summed E-state index contributed by atoms with van der Waals surface area (Å²) in [5, 5.41) is 0. The topological polar surface area (TPSA) is 136 Å². The molecule has 0 bridgehead atoms. The third-order valence-electron chi connectivity index (χ3n) is 10.2. The first-order valence-electron chi connectivity index (χ1n) is 18.2. The molecule has 0 aliphatic carbocycles. The lowest BCUT2D eigenvalue weighted by Crippen LogP contribution is -2.18. The Kier molecular flexibility index (Phi) is 12.3. The molecule has 0 saturated carbocycles. The van der Waals surface area contributed by atoms with Crippen molar-refractivity contribution in [2.75, 3.05) is 6.61 Å². The number of benzene rings is 6. The summed E-state index contributed by atoms with van der Waals surface area (Å²) >= 11 is 0.308. The predicted molar refractivity (Wildman–Crippen MR) is 227 cm³/mol. The molecule has 9 nitrogen and oxygen atoms in total. The van der Waals surface area contributed by atoms with E-state index >= 15 is 0 Å². The summed E-state index contributed by atoms with van der Waals surface area (Å²) in [6, 6.07) is 37.8. The lowest BCUT2D eigenvalue weighted by molar-refractivity contribution is 0.363. The minimum atomic E-state index is -4.95. The standard InChI is InChI=1S/C46H44O9S3/c1-7-28-53-36-18-12-33(13-19-36)46(5,6)35-16-22-38(23-17-35)55-42-27-25-40(30-44(42)58(50,51)52)57(48,49)39-24-26-41(43(29-39)56-47)54-37-20-14-34(15-21-37)45(3,4)32-10-8-31(2)9-11-32/h7-27,29-30,47H,1,28H2,2-6H3,(H,50,51,52). The zero-order valence-corrected chi connectivity index (χ0v) is 35.1. The number of rotatable bonds is 15. The van der Waals surface area contributed by atoms with E-state index < -0.39 is 35.2 Å². The van der Waals surface area contributed by atoms with Gasteiger partial charge >= 0.3 is 0 Å². The molecule has 0 atom stereocenters. The molecule has 0 spiro atoms. The average molecular weight is 837 g/mol. The van der Waals surface area contributed by atoms with Gasteiger partial charge in [0.1, 0.15) is 40.2 Å². The fraction of sp³-hybridized carbons (Fsp3) is 0.174. The zero-order chi connectivity index (χ0) is 41.9. The Morgan fingerprint density at radius 1 is 0.603 bits per heavy atom. The summed E-state index contributed by atoms with van der Waals surface area (Å²) in [7, 11) is -9.31. The molecule has 58 heavy (non-hydrogen) atoms. The van der Waals surface area contributed by atoms with Crippen LogP contribution in [-0.2, 0) is 30.8 Å². The number of hydrogen-bond donors (Lipinski definition) is 2. The van der Waals surface area contributed by atoms with Crippen molar-refractivity contribution in [3.8, 4) is 28.7 Å². The maximum atomic E-state index is 13.8. The molecule has 300 valence electrons. The second kappa shape index (κ2) is 16.8. The molecule has 6 aromatic rings. The molecule has 6 aromatic carbocycles. The van der Waals surface area contributed by atoms with Crippen LogP contribution in [0.4, 0.5) is 0 Å². The maximum Gasteiger partial charge on any atom is 0.298 e. The van der Waals surface area contributed by atoms with Crippen molar-refractivity contribution < 1.29 is 40.2 Å². The van der Waals surface area contributed by atoms with Crippen LogP contribution in [0.15, 0.2) is 166 Å². The Morgan fingerprint density at radius 2 is 1.02 bits per heavy atom. The summed E-state index contributed by atoms with van der Waals surface area (Å²) in [6.07, 6.45) is 1.68. The highest BCUT2D eigenvalue weighted by atomic mass is 32.2. The number of hydrogen-bond acceptors (Lipinski definition) is 9. The molecular weight excluding hydrogens is 793 g/mol. The first kappa shape index (κ1) is 42.2. The van der Waals surface area contributed by atoms with Crippen molar-refractivity contribution in [3.63, 3.8) is 0 Å². The van der Waals surface area contributed by atoms with Crippen molar-refractivity contribution in [2.24, 2.45) is 0 Å². The van der Waals surface area contributed by atoms with Gasteiger partial charge in [-0.3, -0.25) is 4.55 Å². The molecule has 0 aliphatic rings. The van der Waals surface area contributed by atoms with E-state index in [1.165, 1.54) is 35.9 Å². The van der Waals surface area contributed by atoms with E-state index in [0.29, 0.717) is 24.4 Å². The Balaban J connectivity index is 1.20. The molecular formula is C46H44O9S3. The van der Waals surface area contributed by atoms with Crippen LogP contribution in [0.25, 0.3) is 0 Å². The van der Waals surface area contributed by atoms with Gasteiger partial charge in [-0.2, -0.15) is 8.42 Å². The molecule has 0 radical (unpaired) electrons. The third kappa shape index (κ3) is 9.17. The van der Waals surface area contributed by atoms with Gasteiger partial charge in [0.05, 0.1) is 14.7 Å². The van der Waals surface area contributed by atoms with Crippen molar-refractivity contribution in [1.29, 1.82) is 0 Å². The van der Waals surface area contributed by atoms with Gasteiger partial charge in [0.25, 0.3) is 10.1 Å². The molecule has 0 fully saturated rings. The van der Waals surface area contributed by atoms with E-state index in [4.69, 9.17) is 14.2 Å². The van der Waals surface area contributed by atoms with Crippen LogP contribution >= 0.6 is 12.0 Å². The molecule has 0 unspecified atom stereocenters. The molecule has 0 aromatic heterocycles. The molecule has 12 heteroatoms. The van der Waals surface area contributed by atoms with Gasteiger partial charge in [-0.15, -0.1) is 0 Å². The quantitative estimate of drug-likeness (QED) is 0.0584. The Hall–Kier alpha value is -5.37. The summed E-state index contributed by atoms with van der Waals surface area (Å²) in [6.45, 7) is 14.5. The molecule has 6 rings (SSSR count). The monoisotopic (exact) mass is 836 g/mol. The third-order valence-corrected chi connectivity index (χ3v) is 13.3. The summed E-state index contributed by atoms with van der Waals surface area (Å²) in [5.74, 6) is 1.40. The normalized spacial score (nSPS) is 12.2. The van der Waals surface area contributed by atoms with Crippen LogP contribution in [0.1, 0.15) is 55.5 Å². The number of sulfone groups is 1. The fourth-order valence-corrected chi connectivity index (χ4v) is 8.93. The lowest BCUT2D eigenvalue weighted by atomic mass is 9.78. The summed E-state index contributed by atoms with van der Waals surface area (Å²) in [5.41, 5.74) is 4.71. The van der Waals surface area contributed by atoms with Gasteiger partial charge in [-0.05, 0) is 102 Å². The van der Waals surface area contributed by atoms with Crippen molar-refractivity contribution in [1.82, 2.24) is 0 Å². The van der Waals surface area contributed by atoms with Gasteiger partial charge in [0.2, 0.25) is 9.84 Å². The second-order valence-electron chi connectivity index (χ2n) is 14.8. The Morgan fingerprint density at radius 3 is 1.47 bits per heavy atom.